The molecule has 0 aliphatic rings. The molecule has 0 spiro atoms. The van der Waals surface area contributed by atoms with Crippen molar-refractivity contribution < 1.29 is 23.5 Å². The molecule has 20 heavy (non-hydrogen) atoms. The molecule has 1 atom stereocenters. The number of rotatable bonds is 3. The van der Waals surface area contributed by atoms with Crippen molar-refractivity contribution in [3.8, 4) is 0 Å². The van der Waals surface area contributed by atoms with E-state index < -0.39 is 23.3 Å². The van der Waals surface area contributed by atoms with Gasteiger partial charge in [0.05, 0.1) is 7.11 Å². The number of methoxy groups -OCH3 is 1. The van der Waals surface area contributed by atoms with Gasteiger partial charge in [-0.05, 0) is 13.0 Å². The van der Waals surface area contributed by atoms with E-state index in [4.69, 9.17) is 8.83 Å². The summed E-state index contributed by atoms with van der Waals surface area (Å²) in [5, 5.41) is 9.60. The summed E-state index contributed by atoms with van der Waals surface area (Å²) in [6.07, 6.45) is -1.81. The summed E-state index contributed by atoms with van der Waals surface area (Å²) in [7, 11) is 1.12. The summed E-state index contributed by atoms with van der Waals surface area (Å²) in [6.45, 7) is 1.55. The van der Waals surface area contributed by atoms with E-state index >= 15 is 0 Å². The number of ether oxygens (including phenoxy) is 1. The van der Waals surface area contributed by atoms with Crippen LogP contribution in [0.3, 0.4) is 0 Å². The molecule has 0 radical (unpaired) electrons. The maximum absolute atomic E-state index is 11.7. The predicted octanol–water partition coefficient (Wildman–Crippen LogP) is 0.131. The third kappa shape index (κ3) is 2.62. The topological polar surface area (TPSA) is 107 Å². The minimum Gasteiger partial charge on any atom is -0.467 e. The van der Waals surface area contributed by atoms with Gasteiger partial charge in [0, 0.05) is 18.1 Å². The lowest BCUT2D eigenvalue weighted by Gasteiger charge is -2.07. The van der Waals surface area contributed by atoms with E-state index in [1.807, 2.05) is 0 Å². The van der Waals surface area contributed by atoms with Crippen molar-refractivity contribution in [2.75, 3.05) is 7.11 Å². The first-order valence-corrected chi connectivity index (χ1v) is 5.75. The second-order valence-electron chi connectivity index (χ2n) is 4.22. The Labute approximate surface area is 112 Å². The van der Waals surface area contributed by atoms with Crippen LogP contribution in [-0.2, 0) is 16.0 Å². The third-order valence-corrected chi connectivity index (χ3v) is 2.74. The quantitative estimate of drug-likeness (QED) is 0.796. The lowest BCUT2D eigenvalue weighted by molar-refractivity contribution is -0.150. The molecule has 2 aromatic rings. The van der Waals surface area contributed by atoms with Gasteiger partial charge in [-0.15, -0.1) is 0 Å². The van der Waals surface area contributed by atoms with Crippen molar-refractivity contribution in [3.05, 3.63) is 44.3 Å². The average Bonchev–Trinajstić information content (AvgIpc) is 2.39. The number of aryl methyl sites for hydroxylation is 1. The number of carbonyl (C=O) groups excluding carboxylic acids is 1. The van der Waals surface area contributed by atoms with Crippen LogP contribution in [0.2, 0.25) is 0 Å². The van der Waals surface area contributed by atoms with Crippen molar-refractivity contribution in [2.45, 2.75) is 19.4 Å². The van der Waals surface area contributed by atoms with E-state index in [2.05, 4.69) is 4.74 Å². The molecule has 0 saturated heterocycles. The van der Waals surface area contributed by atoms with E-state index in [0.29, 0.717) is 5.76 Å². The number of esters is 1. The van der Waals surface area contributed by atoms with Crippen molar-refractivity contribution in [3.63, 3.8) is 0 Å². The van der Waals surface area contributed by atoms with Gasteiger partial charge >= 0.3 is 17.2 Å². The van der Waals surface area contributed by atoms with Gasteiger partial charge in [-0.25, -0.2) is 14.4 Å². The second kappa shape index (κ2) is 5.30. The monoisotopic (exact) mass is 280 g/mol. The van der Waals surface area contributed by atoms with Crippen molar-refractivity contribution >= 4 is 16.9 Å². The van der Waals surface area contributed by atoms with Gasteiger partial charge in [0.25, 0.3) is 0 Å². The minimum absolute atomic E-state index is 0.00782. The summed E-state index contributed by atoms with van der Waals surface area (Å²) in [5.74, 6) is -0.562. The lowest BCUT2D eigenvalue weighted by Crippen LogP contribution is -2.26. The zero-order valence-corrected chi connectivity index (χ0v) is 10.8. The van der Waals surface area contributed by atoms with Crippen LogP contribution in [0.15, 0.2) is 30.6 Å². The van der Waals surface area contributed by atoms with Crippen molar-refractivity contribution in [1.29, 1.82) is 0 Å². The zero-order chi connectivity index (χ0) is 14.9. The van der Waals surface area contributed by atoms with Gasteiger partial charge in [-0.2, -0.15) is 0 Å². The Morgan fingerprint density at radius 2 is 2.00 bits per heavy atom. The first-order valence-electron chi connectivity index (χ1n) is 5.75. The van der Waals surface area contributed by atoms with Crippen LogP contribution in [0, 0.1) is 6.92 Å². The fourth-order valence-electron chi connectivity index (χ4n) is 1.78. The third-order valence-electron chi connectivity index (χ3n) is 2.74. The van der Waals surface area contributed by atoms with Gasteiger partial charge in [-0.1, -0.05) is 0 Å². The molecule has 2 heterocycles. The Morgan fingerprint density at radius 1 is 1.30 bits per heavy atom. The Hall–Kier alpha value is -2.41. The molecule has 1 N–H and O–H groups in total. The fourth-order valence-corrected chi connectivity index (χ4v) is 1.78. The number of fused-ring (bicyclic) bond motifs is 1. The van der Waals surface area contributed by atoms with Crippen LogP contribution in [0.1, 0.15) is 11.3 Å². The van der Waals surface area contributed by atoms with E-state index in [-0.39, 0.29) is 23.0 Å². The molecule has 7 heteroatoms. The SMILES string of the molecule is COC(=O)[C@@H](O)Cc1cc2c(=O)oc(C)cc2oc1=O. The van der Waals surface area contributed by atoms with E-state index in [0.717, 1.165) is 7.11 Å². The van der Waals surface area contributed by atoms with Crippen molar-refractivity contribution in [1.82, 2.24) is 0 Å². The molecule has 0 aromatic carbocycles. The fraction of sp³-hybridized carbons (Fsp3) is 0.308. The first-order chi connectivity index (χ1) is 9.42. The Bertz CT molecular complexity index is 768. The zero-order valence-electron chi connectivity index (χ0n) is 10.8. The van der Waals surface area contributed by atoms with Crippen LogP contribution in [0.4, 0.5) is 0 Å². The highest BCUT2D eigenvalue weighted by molar-refractivity contribution is 5.77. The van der Waals surface area contributed by atoms with Crippen LogP contribution in [0.5, 0.6) is 0 Å². The molecule has 0 amide bonds. The summed E-state index contributed by atoms with van der Waals surface area (Å²) in [5.41, 5.74) is -1.30. The maximum atomic E-state index is 11.7. The first kappa shape index (κ1) is 14.0. The molecule has 0 saturated carbocycles. The number of hydrogen-bond acceptors (Lipinski definition) is 7. The summed E-state index contributed by atoms with van der Waals surface area (Å²) >= 11 is 0. The van der Waals surface area contributed by atoms with Crippen LogP contribution < -0.4 is 11.3 Å². The molecular weight excluding hydrogens is 268 g/mol. The maximum Gasteiger partial charge on any atom is 0.347 e. The summed E-state index contributed by atoms with van der Waals surface area (Å²) in [4.78, 5) is 34.5. The van der Waals surface area contributed by atoms with Gasteiger partial charge in [0.1, 0.15) is 16.7 Å². The van der Waals surface area contributed by atoms with Gasteiger partial charge in [-0.3, -0.25) is 0 Å². The number of carbonyl (C=O) groups is 1. The molecule has 0 bridgehead atoms. The highest BCUT2D eigenvalue weighted by atomic mass is 16.5. The highest BCUT2D eigenvalue weighted by Gasteiger charge is 2.19. The standard InChI is InChI=1S/C13H12O7/c1-6-3-10-8(12(16)19-6)4-7(11(15)20-10)5-9(14)13(17)18-2/h3-4,9,14H,5H2,1-2H3/t9-/m0/s1. The minimum atomic E-state index is -1.50. The van der Waals surface area contributed by atoms with E-state index in [1.165, 1.54) is 12.1 Å². The van der Waals surface area contributed by atoms with Gasteiger partial charge < -0.3 is 18.7 Å². The van der Waals surface area contributed by atoms with Gasteiger partial charge in [0.2, 0.25) is 0 Å². The lowest BCUT2D eigenvalue weighted by atomic mass is 10.1. The average molecular weight is 280 g/mol. The smallest absolute Gasteiger partial charge is 0.347 e. The predicted molar refractivity (Wildman–Crippen MR) is 67.5 cm³/mol. The largest absolute Gasteiger partial charge is 0.467 e. The Morgan fingerprint density at radius 3 is 2.65 bits per heavy atom. The number of aliphatic hydroxyl groups is 1. The van der Waals surface area contributed by atoms with E-state index in [9.17, 15) is 19.5 Å². The molecule has 0 aliphatic carbocycles. The summed E-state index contributed by atoms with van der Waals surface area (Å²) < 4.78 is 14.2. The molecule has 106 valence electrons. The molecule has 0 aliphatic heterocycles. The highest BCUT2D eigenvalue weighted by Crippen LogP contribution is 2.12. The Balaban J connectivity index is 2.51. The van der Waals surface area contributed by atoms with Crippen LogP contribution in [0.25, 0.3) is 11.0 Å². The molecule has 2 rings (SSSR count). The normalized spacial score (nSPS) is 12.3. The van der Waals surface area contributed by atoms with E-state index in [1.54, 1.807) is 6.92 Å². The second-order valence-corrected chi connectivity index (χ2v) is 4.22. The molecule has 7 nitrogen and oxygen atoms in total. The molecular formula is C13H12O7. The van der Waals surface area contributed by atoms with Crippen molar-refractivity contribution in [2.24, 2.45) is 0 Å². The molecule has 2 aromatic heterocycles. The van der Waals surface area contributed by atoms with Crippen LogP contribution >= 0.6 is 0 Å². The number of aliphatic hydroxyl groups excluding tert-OH is 1. The number of hydrogen-bond donors (Lipinski definition) is 1. The summed E-state index contributed by atoms with van der Waals surface area (Å²) in [6, 6.07) is 2.66. The Kier molecular flexibility index (Phi) is 3.71. The van der Waals surface area contributed by atoms with Crippen LogP contribution in [-0.4, -0.2) is 24.3 Å². The van der Waals surface area contributed by atoms with Gasteiger partial charge in [0.15, 0.2) is 6.10 Å². The molecule has 0 unspecified atom stereocenters. The molecule has 0 fully saturated rings.